The Kier molecular flexibility index (Phi) is 30.9. The Balaban J connectivity index is 1.69. The third-order valence-electron chi connectivity index (χ3n) is 18.1. The summed E-state index contributed by atoms with van der Waals surface area (Å²) in [7, 11) is 0. The summed E-state index contributed by atoms with van der Waals surface area (Å²) in [6.45, 7) is 8.95. The second-order valence-corrected chi connectivity index (χ2v) is 24.6. The quantitative estimate of drug-likeness (QED) is 0.0204. The largest absolute Gasteiger partial charge is 0.508 e. The van der Waals surface area contributed by atoms with Crippen LogP contribution in [-0.4, -0.2) is 40.9 Å². The summed E-state index contributed by atoms with van der Waals surface area (Å²) < 4.78 is 0. The third-order valence-corrected chi connectivity index (χ3v) is 18.1. The summed E-state index contributed by atoms with van der Waals surface area (Å²) in [6, 6.07) is 13.3. The molecular weight excluding hydrogens is 993 g/mol. The Labute approximate surface area is 485 Å². The molecule has 1 aliphatic carbocycles. The number of aromatic hydroxyl groups is 8. The van der Waals surface area contributed by atoms with Crippen molar-refractivity contribution in [2.24, 2.45) is 0 Å². The topological polar surface area (TPSA) is 162 Å². The average Bonchev–Trinajstić information content (AvgIpc) is 3.53. The predicted molar refractivity (Wildman–Crippen MR) is 334 cm³/mol. The number of phenols is 8. The minimum atomic E-state index is -0.540. The molecule has 0 aliphatic heterocycles. The van der Waals surface area contributed by atoms with Crippen molar-refractivity contribution in [2.75, 3.05) is 0 Å². The second-order valence-electron chi connectivity index (χ2n) is 24.6. The molecule has 5 rings (SSSR count). The van der Waals surface area contributed by atoms with E-state index in [1.165, 1.54) is 153 Å². The fourth-order valence-corrected chi connectivity index (χ4v) is 13.2. The standard InChI is InChI=1S/C72H112O8/c1-5-9-13-17-21-25-29-33-37-41-53-57-45-59(67(75)49-65(57)73)54(42-38-34-30-26-22-18-14-10-6-2)61-47-63(71(79)51-69(61)77)56(44-40-36-32-28-24-20-16-12-8-4)64-48-62(70(78)52-72(64)80)55(60-46-58(53)66(74)50-68(60)76)43-39-35-31-27-23-19-15-11-7-3/h45-56,73-80H,5-44H2,1-4H3. The van der Waals surface area contributed by atoms with Crippen molar-refractivity contribution >= 4 is 0 Å². The van der Waals surface area contributed by atoms with Gasteiger partial charge in [0.25, 0.3) is 0 Å². The molecule has 0 unspecified atom stereocenters. The molecule has 0 amide bonds. The van der Waals surface area contributed by atoms with Crippen molar-refractivity contribution < 1.29 is 40.9 Å². The summed E-state index contributed by atoms with van der Waals surface area (Å²) in [6.07, 6.45) is 43.1. The number of hydrogen-bond acceptors (Lipinski definition) is 8. The molecule has 448 valence electrons. The van der Waals surface area contributed by atoms with E-state index in [0.29, 0.717) is 70.2 Å². The molecule has 1 aliphatic rings. The molecule has 0 fully saturated rings. The van der Waals surface area contributed by atoms with Crippen LogP contribution in [0.1, 0.15) is 353 Å². The molecule has 0 spiro atoms. The molecule has 80 heavy (non-hydrogen) atoms. The number of phenolic OH excluding ortho intramolecular Hbond substituents is 8. The summed E-state index contributed by atoms with van der Waals surface area (Å²) in [5.41, 5.74) is 4.45. The molecule has 0 atom stereocenters. The fourth-order valence-electron chi connectivity index (χ4n) is 13.2. The smallest absolute Gasteiger partial charge is 0.123 e. The van der Waals surface area contributed by atoms with Gasteiger partial charge in [0, 0.05) is 92.4 Å². The summed E-state index contributed by atoms with van der Waals surface area (Å²) in [5.74, 6) is -2.88. The van der Waals surface area contributed by atoms with Gasteiger partial charge in [0.2, 0.25) is 0 Å². The molecule has 0 heterocycles. The van der Waals surface area contributed by atoms with Gasteiger partial charge in [0.1, 0.15) is 46.0 Å². The van der Waals surface area contributed by atoms with E-state index in [2.05, 4.69) is 27.7 Å². The van der Waals surface area contributed by atoms with Crippen LogP contribution in [0.15, 0.2) is 48.5 Å². The normalized spacial score (nSPS) is 16.1. The lowest BCUT2D eigenvalue weighted by Crippen LogP contribution is -2.11. The highest BCUT2D eigenvalue weighted by Crippen LogP contribution is 2.52. The first kappa shape index (κ1) is 66.1. The van der Waals surface area contributed by atoms with E-state index >= 15 is 0 Å². The van der Waals surface area contributed by atoms with Crippen molar-refractivity contribution in [1.82, 2.24) is 0 Å². The fraction of sp³-hybridized carbons (Fsp3) is 0.667. The Morgan fingerprint density at radius 1 is 0.188 bits per heavy atom. The molecule has 0 saturated heterocycles. The molecule has 8 heteroatoms. The molecule has 0 aromatic heterocycles. The SMILES string of the molecule is CCCCCCCCCCCC1c2cc(c(O)cc2O)C(CCCCCCCCCCC)c2cc(c(O)cc2O)C(CCCCCCCCCCC)c2cc(c(O)cc2O)C(CCCCCCCCCCC)c2cc1c(O)cc2O. The first-order valence-electron chi connectivity index (χ1n) is 33.2. The number of hydrogen-bond donors (Lipinski definition) is 8. The predicted octanol–water partition coefficient (Wildman–Crippen LogP) is 21.9. The molecular formula is C72H112O8. The molecule has 0 radical (unpaired) electrons. The Bertz CT molecular complexity index is 1930. The van der Waals surface area contributed by atoms with Gasteiger partial charge in [0.15, 0.2) is 0 Å². The van der Waals surface area contributed by atoms with Gasteiger partial charge in [-0.3, -0.25) is 0 Å². The van der Waals surface area contributed by atoms with Crippen LogP contribution in [0, 0.1) is 0 Å². The first-order valence-corrected chi connectivity index (χ1v) is 33.2. The maximum atomic E-state index is 12.1. The van der Waals surface area contributed by atoms with Gasteiger partial charge in [-0.25, -0.2) is 0 Å². The lowest BCUT2D eigenvalue weighted by molar-refractivity contribution is 0.418. The Morgan fingerprint density at radius 3 is 0.450 bits per heavy atom. The Morgan fingerprint density at radius 2 is 0.312 bits per heavy atom. The zero-order valence-electron chi connectivity index (χ0n) is 50.8. The van der Waals surface area contributed by atoms with Gasteiger partial charge in [-0.15, -0.1) is 0 Å². The summed E-state index contributed by atoms with van der Waals surface area (Å²) in [4.78, 5) is 0. The van der Waals surface area contributed by atoms with Crippen LogP contribution in [-0.2, 0) is 0 Å². The highest BCUT2D eigenvalue weighted by molar-refractivity contribution is 5.62. The second kappa shape index (κ2) is 37.4. The third kappa shape index (κ3) is 20.9. The number of unbranched alkanes of at least 4 members (excludes halogenated alkanes) is 32. The number of rotatable bonds is 40. The van der Waals surface area contributed by atoms with Crippen LogP contribution in [0.25, 0.3) is 0 Å². The summed E-state index contributed by atoms with van der Waals surface area (Å²) >= 11 is 0. The Hall–Kier alpha value is -4.72. The molecule has 8 N–H and O–H groups in total. The highest BCUT2D eigenvalue weighted by Gasteiger charge is 2.33. The van der Waals surface area contributed by atoms with E-state index < -0.39 is 23.7 Å². The van der Waals surface area contributed by atoms with Gasteiger partial charge < -0.3 is 40.9 Å². The molecule has 4 aromatic rings. The van der Waals surface area contributed by atoms with Crippen LogP contribution in [0.3, 0.4) is 0 Å². The van der Waals surface area contributed by atoms with E-state index in [1.54, 1.807) is 0 Å². The molecule has 0 saturated carbocycles. The highest BCUT2D eigenvalue weighted by atomic mass is 16.3. The monoisotopic (exact) mass is 1100 g/mol. The van der Waals surface area contributed by atoms with Gasteiger partial charge in [-0.05, 0) is 49.9 Å². The van der Waals surface area contributed by atoms with Crippen LogP contribution in [0.5, 0.6) is 46.0 Å². The van der Waals surface area contributed by atoms with Gasteiger partial charge >= 0.3 is 0 Å². The van der Waals surface area contributed by atoms with E-state index in [4.69, 9.17) is 0 Å². The molecule has 8 nitrogen and oxygen atoms in total. The lowest BCUT2D eigenvalue weighted by atomic mass is 9.76. The van der Waals surface area contributed by atoms with Crippen LogP contribution in [0.4, 0.5) is 0 Å². The van der Waals surface area contributed by atoms with Gasteiger partial charge in [-0.1, -0.05) is 259 Å². The van der Waals surface area contributed by atoms with Crippen LogP contribution in [0.2, 0.25) is 0 Å². The van der Waals surface area contributed by atoms with E-state index in [-0.39, 0.29) is 46.0 Å². The van der Waals surface area contributed by atoms with Crippen LogP contribution < -0.4 is 0 Å². The zero-order chi connectivity index (χ0) is 57.5. The van der Waals surface area contributed by atoms with Crippen molar-refractivity contribution in [3.05, 3.63) is 93.0 Å². The molecule has 8 bridgehead atoms. The van der Waals surface area contributed by atoms with Gasteiger partial charge in [-0.2, -0.15) is 0 Å². The number of benzene rings is 4. The maximum Gasteiger partial charge on any atom is 0.123 e. The van der Waals surface area contributed by atoms with E-state index in [1.807, 2.05) is 24.3 Å². The van der Waals surface area contributed by atoms with Crippen molar-refractivity contribution in [3.63, 3.8) is 0 Å². The minimum absolute atomic E-state index is 0.0900. The maximum absolute atomic E-state index is 12.1. The van der Waals surface area contributed by atoms with Crippen LogP contribution >= 0.6 is 0 Å². The van der Waals surface area contributed by atoms with Crippen molar-refractivity contribution in [1.29, 1.82) is 0 Å². The van der Waals surface area contributed by atoms with E-state index in [0.717, 1.165) is 103 Å². The average molecular weight is 1110 g/mol. The number of fused-ring (bicyclic) bond motifs is 8. The molecule has 4 aromatic carbocycles. The zero-order valence-corrected chi connectivity index (χ0v) is 50.8. The lowest BCUT2D eigenvalue weighted by Gasteiger charge is -2.29. The minimum Gasteiger partial charge on any atom is -0.508 e. The van der Waals surface area contributed by atoms with Crippen molar-refractivity contribution in [3.8, 4) is 46.0 Å². The first-order chi connectivity index (χ1) is 38.9. The van der Waals surface area contributed by atoms with E-state index in [9.17, 15) is 40.9 Å². The van der Waals surface area contributed by atoms with Gasteiger partial charge in [0.05, 0.1) is 0 Å². The van der Waals surface area contributed by atoms with Crippen molar-refractivity contribution in [2.45, 2.75) is 308 Å². The summed E-state index contributed by atoms with van der Waals surface area (Å²) in [5, 5.41) is 97.1.